The monoisotopic (exact) mass is 290 g/mol. The van der Waals surface area contributed by atoms with E-state index in [1.54, 1.807) is 14.0 Å². The average molecular weight is 290 g/mol. The number of nitrogens with zero attached hydrogens (tertiary/aromatic N) is 2. The Kier molecular flexibility index (Phi) is 4.89. The number of aromatic nitrogens is 2. The van der Waals surface area contributed by atoms with Crippen molar-refractivity contribution in [3.8, 4) is 17.1 Å². The first-order valence-corrected chi connectivity index (χ1v) is 6.62. The van der Waals surface area contributed by atoms with E-state index >= 15 is 0 Å². The predicted octanol–water partition coefficient (Wildman–Crippen LogP) is 1.27. The Morgan fingerprint density at radius 1 is 1.48 bits per heavy atom. The summed E-state index contributed by atoms with van der Waals surface area (Å²) in [6, 6.07) is 7.00. The molecule has 7 heteroatoms. The Bertz CT molecular complexity index is 612. The third kappa shape index (κ3) is 3.57. The zero-order valence-electron chi connectivity index (χ0n) is 12.0. The molecule has 3 N–H and O–H groups in total. The van der Waals surface area contributed by atoms with E-state index in [2.05, 4.69) is 15.5 Å². The van der Waals surface area contributed by atoms with E-state index < -0.39 is 0 Å². The van der Waals surface area contributed by atoms with Crippen LogP contribution in [0.25, 0.3) is 11.4 Å². The normalized spacial score (nSPS) is 12.0. The standard InChI is InChI=1S/C14H18N4O3/c1-9(16-12(19)7-8-15)14-17-13(18-21-14)10-5-3-4-6-11(10)20-2/h3-6,9H,7-8,15H2,1-2H3,(H,16,19). The number of para-hydroxylation sites is 1. The van der Waals surface area contributed by atoms with Crippen LogP contribution in [0.3, 0.4) is 0 Å². The number of amides is 1. The lowest BCUT2D eigenvalue weighted by molar-refractivity contribution is -0.121. The maximum atomic E-state index is 11.5. The largest absolute Gasteiger partial charge is 0.496 e. The number of nitrogens with one attached hydrogen (secondary N) is 1. The maximum absolute atomic E-state index is 11.5. The van der Waals surface area contributed by atoms with E-state index in [9.17, 15) is 4.79 Å². The maximum Gasteiger partial charge on any atom is 0.249 e. The van der Waals surface area contributed by atoms with Gasteiger partial charge < -0.3 is 20.3 Å². The summed E-state index contributed by atoms with van der Waals surface area (Å²) in [5.74, 6) is 1.26. The molecule has 0 spiro atoms. The molecular formula is C14H18N4O3. The van der Waals surface area contributed by atoms with Crippen LogP contribution >= 0.6 is 0 Å². The second-order valence-electron chi connectivity index (χ2n) is 4.48. The Hall–Kier alpha value is -2.41. The quantitative estimate of drug-likeness (QED) is 0.830. The van der Waals surface area contributed by atoms with Crippen LogP contribution in [0.5, 0.6) is 5.75 Å². The second-order valence-corrected chi connectivity index (χ2v) is 4.48. The first-order valence-electron chi connectivity index (χ1n) is 6.62. The molecule has 1 atom stereocenters. The van der Waals surface area contributed by atoms with Gasteiger partial charge in [0.15, 0.2) is 0 Å². The fourth-order valence-electron chi connectivity index (χ4n) is 1.86. The Balaban J connectivity index is 2.16. The van der Waals surface area contributed by atoms with Crippen LogP contribution in [0.2, 0.25) is 0 Å². The highest BCUT2D eigenvalue weighted by Crippen LogP contribution is 2.27. The van der Waals surface area contributed by atoms with Crippen LogP contribution in [-0.4, -0.2) is 29.7 Å². The van der Waals surface area contributed by atoms with Gasteiger partial charge in [-0.25, -0.2) is 0 Å². The first kappa shape index (κ1) is 15.0. The summed E-state index contributed by atoms with van der Waals surface area (Å²) in [7, 11) is 1.58. The summed E-state index contributed by atoms with van der Waals surface area (Å²) in [6.07, 6.45) is 0.262. The van der Waals surface area contributed by atoms with Gasteiger partial charge in [0.25, 0.3) is 0 Å². The van der Waals surface area contributed by atoms with Gasteiger partial charge in [0, 0.05) is 13.0 Å². The van der Waals surface area contributed by atoms with Crippen molar-refractivity contribution in [3.05, 3.63) is 30.2 Å². The highest BCUT2D eigenvalue weighted by Gasteiger charge is 2.18. The number of rotatable bonds is 6. The average Bonchev–Trinajstić information content (AvgIpc) is 2.97. The van der Waals surface area contributed by atoms with Crippen molar-refractivity contribution in [1.82, 2.24) is 15.5 Å². The summed E-state index contributed by atoms with van der Waals surface area (Å²) in [5.41, 5.74) is 6.06. The molecule has 1 aromatic heterocycles. The van der Waals surface area contributed by atoms with Gasteiger partial charge in [-0.2, -0.15) is 4.98 Å². The Morgan fingerprint density at radius 2 is 2.24 bits per heavy atom. The number of hydrogen-bond donors (Lipinski definition) is 2. The molecule has 0 fully saturated rings. The van der Waals surface area contributed by atoms with Gasteiger partial charge in [-0.1, -0.05) is 17.3 Å². The van der Waals surface area contributed by atoms with Gasteiger partial charge in [0.05, 0.1) is 12.7 Å². The number of hydrogen-bond acceptors (Lipinski definition) is 6. The van der Waals surface area contributed by atoms with Crippen LogP contribution in [0.15, 0.2) is 28.8 Å². The number of nitrogens with two attached hydrogens (primary N) is 1. The lowest BCUT2D eigenvalue weighted by atomic mass is 10.2. The van der Waals surface area contributed by atoms with Crippen LogP contribution < -0.4 is 15.8 Å². The van der Waals surface area contributed by atoms with E-state index in [-0.39, 0.29) is 18.4 Å². The predicted molar refractivity (Wildman–Crippen MR) is 76.5 cm³/mol. The summed E-state index contributed by atoms with van der Waals surface area (Å²) in [6.45, 7) is 2.07. The van der Waals surface area contributed by atoms with Gasteiger partial charge >= 0.3 is 0 Å². The molecule has 1 unspecified atom stereocenters. The zero-order valence-corrected chi connectivity index (χ0v) is 12.0. The van der Waals surface area contributed by atoms with E-state index in [4.69, 9.17) is 15.0 Å². The van der Waals surface area contributed by atoms with Crippen LogP contribution in [0.4, 0.5) is 0 Å². The molecule has 112 valence electrons. The molecule has 0 aliphatic carbocycles. The van der Waals surface area contributed by atoms with E-state index in [1.165, 1.54) is 0 Å². The molecular weight excluding hydrogens is 272 g/mol. The van der Waals surface area contributed by atoms with Gasteiger partial charge in [-0.05, 0) is 19.1 Å². The van der Waals surface area contributed by atoms with Crippen molar-refractivity contribution < 1.29 is 14.1 Å². The smallest absolute Gasteiger partial charge is 0.249 e. The second kappa shape index (κ2) is 6.85. The third-order valence-corrected chi connectivity index (χ3v) is 2.91. The third-order valence-electron chi connectivity index (χ3n) is 2.91. The number of carbonyl (C=O) groups excluding carboxylic acids is 1. The number of benzene rings is 1. The van der Waals surface area contributed by atoms with Crippen LogP contribution in [-0.2, 0) is 4.79 Å². The minimum absolute atomic E-state index is 0.151. The number of methoxy groups -OCH3 is 1. The SMILES string of the molecule is COc1ccccc1-c1noc(C(C)NC(=O)CCN)n1. The highest BCUT2D eigenvalue weighted by molar-refractivity contribution is 5.76. The lowest BCUT2D eigenvalue weighted by Crippen LogP contribution is -2.28. The van der Waals surface area contributed by atoms with Crippen molar-refractivity contribution in [3.63, 3.8) is 0 Å². The molecule has 2 rings (SSSR count). The van der Waals surface area contributed by atoms with Crippen molar-refractivity contribution in [2.75, 3.05) is 13.7 Å². The van der Waals surface area contributed by atoms with E-state index in [1.807, 2.05) is 24.3 Å². The summed E-state index contributed by atoms with van der Waals surface area (Å²) >= 11 is 0. The van der Waals surface area contributed by atoms with Gasteiger partial charge in [0.1, 0.15) is 11.8 Å². The first-order chi connectivity index (χ1) is 10.2. The topological polar surface area (TPSA) is 103 Å². The molecule has 7 nitrogen and oxygen atoms in total. The van der Waals surface area contributed by atoms with Crippen LogP contribution in [0.1, 0.15) is 25.3 Å². The van der Waals surface area contributed by atoms with Gasteiger partial charge in [0.2, 0.25) is 17.6 Å². The molecule has 0 aliphatic rings. The summed E-state index contributed by atoms with van der Waals surface area (Å²) in [5, 5.41) is 6.67. The molecule has 1 aromatic carbocycles. The van der Waals surface area contributed by atoms with Crippen LogP contribution in [0, 0.1) is 0 Å². The van der Waals surface area contributed by atoms with Crippen molar-refractivity contribution >= 4 is 5.91 Å². The van der Waals surface area contributed by atoms with Gasteiger partial charge in [-0.3, -0.25) is 4.79 Å². The highest BCUT2D eigenvalue weighted by atomic mass is 16.5. The molecule has 0 saturated heterocycles. The minimum atomic E-state index is -0.375. The molecule has 1 heterocycles. The Labute approximate surface area is 122 Å². The minimum Gasteiger partial charge on any atom is -0.496 e. The molecule has 1 amide bonds. The number of carbonyl (C=O) groups is 1. The van der Waals surface area contributed by atoms with Crippen molar-refractivity contribution in [2.24, 2.45) is 5.73 Å². The number of ether oxygens (including phenoxy) is 1. The molecule has 0 bridgehead atoms. The van der Waals surface area contributed by atoms with Gasteiger partial charge in [-0.15, -0.1) is 0 Å². The van der Waals surface area contributed by atoms with Crippen molar-refractivity contribution in [2.45, 2.75) is 19.4 Å². The fourth-order valence-corrected chi connectivity index (χ4v) is 1.86. The summed E-state index contributed by atoms with van der Waals surface area (Å²) in [4.78, 5) is 15.8. The molecule has 0 aliphatic heterocycles. The molecule has 0 radical (unpaired) electrons. The molecule has 2 aromatic rings. The molecule has 21 heavy (non-hydrogen) atoms. The van der Waals surface area contributed by atoms with E-state index in [0.29, 0.717) is 24.0 Å². The van der Waals surface area contributed by atoms with E-state index in [0.717, 1.165) is 5.56 Å². The zero-order chi connectivity index (χ0) is 15.2. The lowest BCUT2D eigenvalue weighted by Gasteiger charge is -2.08. The van der Waals surface area contributed by atoms with Crippen molar-refractivity contribution in [1.29, 1.82) is 0 Å². The summed E-state index contributed by atoms with van der Waals surface area (Å²) < 4.78 is 10.5. The fraction of sp³-hybridized carbons (Fsp3) is 0.357. The molecule has 0 saturated carbocycles. The Morgan fingerprint density at radius 3 is 2.95 bits per heavy atom.